The Hall–Kier alpha value is -0.520. The van der Waals surface area contributed by atoms with Crippen LogP contribution in [0.5, 0.6) is 0 Å². The lowest BCUT2D eigenvalue weighted by Gasteiger charge is -2.27. The highest BCUT2D eigenvalue weighted by Gasteiger charge is 2.19. The number of hydrogen-bond donors (Lipinski definition) is 0. The summed E-state index contributed by atoms with van der Waals surface area (Å²) in [6.07, 6.45) is 5.18. The monoisotopic (exact) mass is 136 g/mol. The fourth-order valence-corrected chi connectivity index (χ4v) is 1.35. The molecule has 0 N–H and O–H groups in total. The van der Waals surface area contributed by atoms with Gasteiger partial charge in [0.2, 0.25) is 0 Å². The first-order valence-electron chi connectivity index (χ1n) is 4.02. The summed E-state index contributed by atoms with van der Waals surface area (Å²) >= 11 is 0. The maximum absolute atomic E-state index is 4.06. The predicted octanol–water partition coefficient (Wildman–Crippen LogP) is 3.31. The van der Waals surface area contributed by atoms with Crippen molar-refractivity contribution in [1.29, 1.82) is 0 Å². The second-order valence-corrected chi connectivity index (χ2v) is 3.42. The van der Waals surface area contributed by atoms with Gasteiger partial charge in [-0.2, -0.15) is 0 Å². The molecular weight excluding hydrogens is 120 g/mol. The first-order chi connectivity index (χ1) is 4.70. The summed E-state index contributed by atoms with van der Waals surface area (Å²) in [6, 6.07) is 0. The molecule has 0 aromatic rings. The Morgan fingerprint density at radius 3 is 2.30 bits per heavy atom. The fourth-order valence-electron chi connectivity index (χ4n) is 1.35. The van der Waals surface area contributed by atoms with Crippen molar-refractivity contribution >= 4 is 0 Å². The first-order valence-corrected chi connectivity index (χ1v) is 4.02. The largest absolute Gasteiger partial charge is 0.0998 e. The van der Waals surface area contributed by atoms with Gasteiger partial charge in [-0.05, 0) is 32.1 Å². The topological polar surface area (TPSA) is 0 Å². The van der Waals surface area contributed by atoms with Crippen LogP contribution in [0.2, 0.25) is 0 Å². The van der Waals surface area contributed by atoms with Crippen LogP contribution in [-0.2, 0) is 0 Å². The summed E-state index contributed by atoms with van der Waals surface area (Å²) in [6.45, 7) is 10.0. The molecule has 0 aromatic heterocycles. The van der Waals surface area contributed by atoms with Crippen molar-refractivity contribution in [2.75, 3.05) is 0 Å². The third-order valence-corrected chi connectivity index (χ3v) is 2.21. The van der Waals surface area contributed by atoms with Crippen LogP contribution in [0.25, 0.3) is 0 Å². The number of allylic oxidation sites excluding steroid dienone is 2. The fraction of sp³-hybridized carbons (Fsp3) is 0.600. The summed E-state index contributed by atoms with van der Waals surface area (Å²) in [5.74, 6) is 0.830. The van der Waals surface area contributed by atoms with Gasteiger partial charge in [0.05, 0.1) is 0 Å². The lowest BCUT2D eigenvalue weighted by Crippen LogP contribution is -2.12. The van der Waals surface area contributed by atoms with E-state index in [1.54, 1.807) is 0 Å². The zero-order valence-electron chi connectivity index (χ0n) is 6.82. The Kier molecular flexibility index (Phi) is 2.31. The molecule has 10 heavy (non-hydrogen) atoms. The molecule has 0 heterocycles. The smallest absolute Gasteiger partial charge is 0.0114 e. The van der Waals surface area contributed by atoms with Crippen LogP contribution >= 0.6 is 0 Å². The summed E-state index contributed by atoms with van der Waals surface area (Å²) in [7, 11) is 0. The van der Waals surface area contributed by atoms with Gasteiger partial charge in [0, 0.05) is 0 Å². The van der Waals surface area contributed by atoms with E-state index in [4.69, 9.17) is 0 Å². The molecule has 0 heteroatoms. The van der Waals surface area contributed by atoms with E-state index in [1.807, 2.05) is 0 Å². The maximum Gasteiger partial charge on any atom is -0.0114 e. The van der Waals surface area contributed by atoms with Gasteiger partial charge in [0.1, 0.15) is 0 Å². The standard InChI is InChI=1S/C10H16/c1-8(2)7-9(3)10-5-4-6-10/h10H,1,3-7H2,2H3. The molecule has 0 atom stereocenters. The van der Waals surface area contributed by atoms with Gasteiger partial charge in [-0.15, -0.1) is 0 Å². The quantitative estimate of drug-likeness (QED) is 0.522. The Bertz CT molecular complexity index is 149. The summed E-state index contributed by atoms with van der Waals surface area (Å²) < 4.78 is 0. The zero-order valence-corrected chi connectivity index (χ0v) is 6.82. The Balaban J connectivity index is 2.27. The van der Waals surface area contributed by atoms with Crippen molar-refractivity contribution in [3.8, 4) is 0 Å². The van der Waals surface area contributed by atoms with Crippen molar-refractivity contribution in [2.45, 2.75) is 32.6 Å². The second kappa shape index (κ2) is 3.05. The van der Waals surface area contributed by atoms with Gasteiger partial charge in [-0.1, -0.05) is 30.7 Å². The van der Waals surface area contributed by atoms with Crippen LogP contribution in [-0.4, -0.2) is 0 Å². The van der Waals surface area contributed by atoms with Crippen molar-refractivity contribution < 1.29 is 0 Å². The molecule has 1 aliphatic rings. The van der Waals surface area contributed by atoms with Gasteiger partial charge >= 0.3 is 0 Å². The van der Waals surface area contributed by atoms with Gasteiger partial charge in [0.15, 0.2) is 0 Å². The lowest BCUT2D eigenvalue weighted by atomic mass is 9.78. The molecule has 0 aliphatic heterocycles. The van der Waals surface area contributed by atoms with Crippen LogP contribution in [0.1, 0.15) is 32.6 Å². The highest BCUT2D eigenvalue weighted by atomic mass is 14.2. The molecule has 56 valence electrons. The number of rotatable bonds is 3. The normalized spacial score (nSPS) is 18.1. The van der Waals surface area contributed by atoms with E-state index in [0.29, 0.717) is 0 Å². The van der Waals surface area contributed by atoms with E-state index < -0.39 is 0 Å². The molecule has 0 aromatic carbocycles. The molecule has 1 rings (SSSR count). The molecule has 0 unspecified atom stereocenters. The molecule has 0 saturated heterocycles. The van der Waals surface area contributed by atoms with E-state index in [2.05, 4.69) is 20.1 Å². The zero-order chi connectivity index (χ0) is 7.56. The van der Waals surface area contributed by atoms with Gasteiger partial charge < -0.3 is 0 Å². The van der Waals surface area contributed by atoms with Gasteiger partial charge in [-0.3, -0.25) is 0 Å². The summed E-state index contributed by atoms with van der Waals surface area (Å²) in [5.41, 5.74) is 2.65. The van der Waals surface area contributed by atoms with E-state index in [0.717, 1.165) is 12.3 Å². The minimum Gasteiger partial charge on any atom is -0.0998 e. The summed E-state index contributed by atoms with van der Waals surface area (Å²) in [4.78, 5) is 0. The van der Waals surface area contributed by atoms with E-state index >= 15 is 0 Å². The highest BCUT2D eigenvalue weighted by Crippen LogP contribution is 2.34. The Morgan fingerprint density at radius 1 is 1.40 bits per heavy atom. The average molecular weight is 136 g/mol. The minimum absolute atomic E-state index is 0.830. The average Bonchev–Trinajstić information content (AvgIpc) is 1.55. The minimum atomic E-state index is 0.830. The second-order valence-electron chi connectivity index (χ2n) is 3.42. The molecule has 1 fully saturated rings. The third kappa shape index (κ3) is 1.73. The third-order valence-electron chi connectivity index (χ3n) is 2.21. The lowest BCUT2D eigenvalue weighted by molar-refractivity contribution is 0.363. The van der Waals surface area contributed by atoms with Crippen LogP contribution in [0, 0.1) is 5.92 Å². The van der Waals surface area contributed by atoms with Crippen LogP contribution < -0.4 is 0 Å². The van der Waals surface area contributed by atoms with Crippen LogP contribution in [0.3, 0.4) is 0 Å². The molecule has 1 aliphatic carbocycles. The van der Waals surface area contributed by atoms with Gasteiger partial charge in [0.25, 0.3) is 0 Å². The molecular formula is C10H16. The molecule has 0 radical (unpaired) electrons. The Labute approximate surface area is 63.6 Å². The van der Waals surface area contributed by atoms with Crippen LogP contribution in [0.15, 0.2) is 24.3 Å². The molecule has 0 spiro atoms. The van der Waals surface area contributed by atoms with Crippen molar-refractivity contribution in [2.24, 2.45) is 5.92 Å². The summed E-state index contributed by atoms with van der Waals surface area (Å²) in [5, 5.41) is 0. The SMILES string of the molecule is C=C(C)CC(=C)C1CCC1. The van der Waals surface area contributed by atoms with Crippen molar-refractivity contribution in [3.63, 3.8) is 0 Å². The van der Waals surface area contributed by atoms with E-state index in [1.165, 1.54) is 30.4 Å². The van der Waals surface area contributed by atoms with E-state index in [9.17, 15) is 0 Å². The van der Waals surface area contributed by atoms with E-state index in [-0.39, 0.29) is 0 Å². The Morgan fingerprint density at radius 2 is 2.00 bits per heavy atom. The molecule has 0 nitrogen and oxygen atoms in total. The number of hydrogen-bond acceptors (Lipinski definition) is 0. The van der Waals surface area contributed by atoms with Crippen LogP contribution in [0.4, 0.5) is 0 Å². The first kappa shape index (κ1) is 7.59. The predicted molar refractivity (Wildman–Crippen MR) is 45.9 cm³/mol. The van der Waals surface area contributed by atoms with Crippen molar-refractivity contribution in [3.05, 3.63) is 24.3 Å². The molecule has 0 amide bonds. The van der Waals surface area contributed by atoms with Crippen molar-refractivity contribution in [1.82, 2.24) is 0 Å². The maximum atomic E-state index is 4.06. The highest BCUT2D eigenvalue weighted by molar-refractivity contribution is 5.12. The molecule has 0 bridgehead atoms. The molecule has 1 saturated carbocycles. The van der Waals surface area contributed by atoms with Gasteiger partial charge in [-0.25, -0.2) is 0 Å².